The first-order valence-electron chi connectivity index (χ1n) is 15.2. The maximum absolute atomic E-state index is 15.1. The monoisotopic (exact) mass is 619 g/mol. The summed E-state index contributed by atoms with van der Waals surface area (Å²) in [6.45, 7) is 12.8. The lowest BCUT2D eigenvalue weighted by Gasteiger charge is -2.35. The van der Waals surface area contributed by atoms with E-state index < -0.39 is 34.4 Å². The third-order valence-electron chi connectivity index (χ3n) is 8.18. The van der Waals surface area contributed by atoms with Gasteiger partial charge in [-0.05, 0) is 55.2 Å². The molecule has 2 aromatic rings. The number of carbonyl (C=O) groups is 1. The lowest BCUT2D eigenvalue weighted by molar-refractivity contribution is 0.0583. The molecule has 1 aromatic heterocycles. The van der Waals surface area contributed by atoms with Crippen LogP contribution in [0, 0.1) is 11.3 Å². The average Bonchev–Trinajstić information content (AvgIpc) is 3.04. The zero-order chi connectivity index (χ0) is 31.1. The largest absolute Gasteiger partial charge is 0.471 e. The molecule has 2 fully saturated rings. The quantitative estimate of drug-likeness (QED) is 0.502. The highest BCUT2D eigenvalue weighted by Gasteiger charge is 2.39. The molecule has 2 unspecified atom stereocenters. The second kappa shape index (κ2) is 12.3. The molecule has 1 amide bonds. The zero-order valence-electron chi connectivity index (χ0n) is 25.6. The molecule has 0 spiro atoms. The van der Waals surface area contributed by atoms with Crippen molar-refractivity contribution in [2.75, 3.05) is 30.9 Å². The maximum Gasteiger partial charge on any atom is 0.264 e. The number of amides is 1. The van der Waals surface area contributed by atoms with E-state index in [0.717, 1.165) is 13.0 Å². The van der Waals surface area contributed by atoms with Gasteiger partial charge < -0.3 is 9.64 Å². The Hall–Kier alpha value is -2.86. The van der Waals surface area contributed by atoms with Crippen molar-refractivity contribution in [2.45, 2.75) is 95.6 Å². The van der Waals surface area contributed by atoms with E-state index in [4.69, 9.17) is 4.74 Å². The number of alkyl halides is 2. The van der Waals surface area contributed by atoms with Gasteiger partial charge >= 0.3 is 0 Å². The van der Waals surface area contributed by atoms with E-state index in [9.17, 15) is 13.2 Å². The van der Waals surface area contributed by atoms with Crippen LogP contribution in [0.3, 0.4) is 0 Å². The van der Waals surface area contributed by atoms with Gasteiger partial charge in [0, 0.05) is 37.3 Å². The van der Waals surface area contributed by atoms with Crippen molar-refractivity contribution in [3.63, 3.8) is 0 Å². The van der Waals surface area contributed by atoms with Gasteiger partial charge in [-0.3, -0.25) is 9.69 Å². The number of carbonyl (C=O) groups excluding carboxylic acids is 1. The van der Waals surface area contributed by atoms with E-state index in [1.807, 2.05) is 0 Å². The van der Waals surface area contributed by atoms with Crippen molar-refractivity contribution < 1.29 is 26.7 Å². The molecular formula is C31H43F2N5O4S. The van der Waals surface area contributed by atoms with Gasteiger partial charge in [0.1, 0.15) is 18.4 Å². The number of hydrogen-bond donors (Lipinski definition) is 1. The average molecular weight is 620 g/mol. The molecule has 1 aliphatic carbocycles. The van der Waals surface area contributed by atoms with Gasteiger partial charge in [-0.2, -0.15) is 4.98 Å². The molecule has 1 saturated heterocycles. The summed E-state index contributed by atoms with van der Waals surface area (Å²) in [5.41, 5.74) is 0.272. The fourth-order valence-electron chi connectivity index (χ4n) is 6.55. The summed E-state index contributed by atoms with van der Waals surface area (Å²) in [7, 11) is -4.24. The summed E-state index contributed by atoms with van der Waals surface area (Å²) < 4.78 is 65.9. The van der Waals surface area contributed by atoms with Gasteiger partial charge in [-0.15, -0.1) is 0 Å². The number of fused-ring (bicyclic) bond motifs is 6. The van der Waals surface area contributed by atoms with E-state index in [1.165, 1.54) is 24.3 Å². The summed E-state index contributed by atoms with van der Waals surface area (Å²) in [4.78, 5) is 26.7. The van der Waals surface area contributed by atoms with Crippen molar-refractivity contribution in [1.29, 1.82) is 0 Å². The number of hydrogen-bond acceptors (Lipinski definition) is 7. The highest BCUT2D eigenvalue weighted by Crippen LogP contribution is 2.38. The number of rotatable bonds is 4. The molecule has 2 aliphatic heterocycles. The SMILES string of the molecule is CC(C)C[C@@H]1CN(CC(C)(C)C)C[C@@H]2CN1C(=O)c1cccc(c1)S(=O)(=O)Nc1nc(cc(C3C(F)CCCC3F)n1)O2. The molecule has 1 N–H and O–H groups in total. The Morgan fingerprint density at radius 2 is 1.79 bits per heavy atom. The lowest BCUT2D eigenvalue weighted by atomic mass is 9.83. The van der Waals surface area contributed by atoms with Crippen LogP contribution >= 0.6 is 0 Å². The molecule has 1 saturated carbocycles. The van der Waals surface area contributed by atoms with Crippen molar-refractivity contribution >= 4 is 21.9 Å². The Morgan fingerprint density at radius 3 is 2.47 bits per heavy atom. The number of nitrogens with one attached hydrogen (secondary N) is 1. The van der Waals surface area contributed by atoms with Gasteiger partial charge in [0.05, 0.1) is 23.1 Å². The normalized spacial score (nSPS) is 28.1. The van der Waals surface area contributed by atoms with Crippen molar-refractivity contribution in [3.05, 3.63) is 41.6 Å². The third kappa shape index (κ3) is 7.45. The Bertz CT molecular complexity index is 1420. The predicted molar refractivity (Wildman–Crippen MR) is 160 cm³/mol. The lowest BCUT2D eigenvalue weighted by Crippen LogP contribution is -2.47. The van der Waals surface area contributed by atoms with Gasteiger partial charge in [0.2, 0.25) is 11.8 Å². The summed E-state index contributed by atoms with van der Waals surface area (Å²) in [6.07, 6.45) is -1.93. The second-order valence-corrected chi connectivity index (χ2v) is 15.5. The number of ether oxygens (including phenoxy) is 1. The highest BCUT2D eigenvalue weighted by atomic mass is 32.2. The fourth-order valence-corrected chi connectivity index (χ4v) is 7.54. The van der Waals surface area contributed by atoms with Crippen LogP contribution in [0.4, 0.5) is 14.7 Å². The molecule has 4 atom stereocenters. The predicted octanol–water partition coefficient (Wildman–Crippen LogP) is 5.20. The number of nitrogens with zero attached hydrogens (tertiary/aromatic N) is 4. The molecule has 5 rings (SSSR count). The van der Waals surface area contributed by atoms with Crippen LogP contribution in [0.5, 0.6) is 5.88 Å². The molecule has 3 heterocycles. The third-order valence-corrected chi connectivity index (χ3v) is 9.51. The number of benzene rings is 1. The summed E-state index contributed by atoms with van der Waals surface area (Å²) in [5, 5.41) is 0. The van der Waals surface area contributed by atoms with Gasteiger partial charge in [-0.25, -0.2) is 26.9 Å². The van der Waals surface area contributed by atoms with Crippen molar-refractivity contribution in [1.82, 2.24) is 19.8 Å². The highest BCUT2D eigenvalue weighted by molar-refractivity contribution is 7.92. The Labute approximate surface area is 253 Å². The summed E-state index contributed by atoms with van der Waals surface area (Å²) >= 11 is 0. The Kier molecular flexibility index (Phi) is 9.00. The van der Waals surface area contributed by atoms with Crippen LogP contribution in [-0.2, 0) is 10.0 Å². The van der Waals surface area contributed by atoms with Gasteiger partial charge in [0.15, 0.2) is 0 Å². The standard InChI is InChI=1S/C31H43F2N5O4S/c1-19(2)12-21-15-37(18-31(3,4)5)16-22-17-38(21)29(39)20-8-6-9-23(13-20)43(40,41)36-30-34-26(14-27(35-30)42-22)28-24(32)10-7-11-25(28)33/h6,8-9,13-14,19,21-22,24-25,28H,7,10-12,15-18H2,1-5H3,(H,34,35,36)/t21-,22-,24?,25?,28?/m1/s1. The molecule has 9 nitrogen and oxygen atoms in total. The number of anilines is 1. The van der Waals surface area contributed by atoms with Crippen molar-refractivity contribution in [2.24, 2.45) is 11.3 Å². The van der Waals surface area contributed by atoms with Gasteiger partial charge in [0.25, 0.3) is 15.9 Å². The second-order valence-electron chi connectivity index (χ2n) is 13.8. The first kappa shape index (κ1) is 31.6. The van der Waals surface area contributed by atoms with E-state index in [-0.39, 0.29) is 64.7 Å². The van der Waals surface area contributed by atoms with E-state index >= 15 is 8.78 Å². The number of sulfonamides is 1. The summed E-state index contributed by atoms with van der Waals surface area (Å²) in [5.74, 6) is -1.47. The van der Waals surface area contributed by atoms with Crippen LogP contribution in [0.15, 0.2) is 35.2 Å². The Balaban J connectivity index is 1.65. The molecule has 43 heavy (non-hydrogen) atoms. The van der Waals surface area contributed by atoms with E-state index in [2.05, 4.69) is 54.2 Å². The minimum Gasteiger partial charge on any atom is -0.471 e. The topological polar surface area (TPSA) is 105 Å². The van der Waals surface area contributed by atoms with Crippen LogP contribution in [0.2, 0.25) is 0 Å². The minimum absolute atomic E-state index is 0.00838. The smallest absolute Gasteiger partial charge is 0.264 e. The molecule has 1 aromatic carbocycles. The molecule has 6 bridgehead atoms. The van der Waals surface area contributed by atoms with Crippen molar-refractivity contribution in [3.8, 4) is 5.88 Å². The molecule has 236 valence electrons. The Morgan fingerprint density at radius 1 is 1.07 bits per heavy atom. The molecule has 3 aliphatic rings. The maximum atomic E-state index is 15.1. The van der Waals surface area contributed by atoms with E-state index in [0.29, 0.717) is 25.4 Å². The summed E-state index contributed by atoms with van der Waals surface area (Å²) in [6, 6.07) is 7.15. The van der Waals surface area contributed by atoms with Crippen LogP contribution in [0.25, 0.3) is 0 Å². The molecule has 0 radical (unpaired) electrons. The first-order valence-corrected chi connectivity index (χ1v) is 16.7. The first-order chi connectivity index (χ1) is 20.2. The zero-order valence-corrected chi connectivity index (χ0v) is 26.4. The number of halogens is 2. The van der Waals surface area contributed by atoms with Crippen LogP contribution < -0.4 is 9.46 Å². The van der Waals surface area contributed by atoms with Gasteiger partial charge in [-0.1, -0.05) is 40.7 Å². The fraction of sp³-hybridized carbons (Fsp3) is 0.645. The number of aromatic nitrogens is 2. The molecule has 12 heteroatoms. The molecular weight excluding hydrogens is 576 g/mol. The van der Waals surface area contributed by atoms with Crippen LogP contribution in [0.1, 0.15) is 82.3 Å². The van der Waals surface area contributed by atoms with Crippen LogP contribution in [-0.4, -0.2) is 84.8 Å². The minimum atomic E-state index is -4.24. The van der Waals surface area contributed by atoms with E-state index in [1.54, 1.807) is 11.0 Å².